The molecule has 2 heteroatoms. The summed E-state index contributed by atoms with van der Waals surface area (Å²) in [5.41, 5.74) is 4.08. The molecule has 0 N–H and O–H groups in total. The number of rotatable bonds is 2. The molecule has 0 amide bonds. The summed E-state index contributed by atoms with van der Waals surface area (Å²) in [6, 6.07) is 22.5. The van der Waals surface area contributed by atoms with Crippen molar-refractivity contribution in [2.24, 2.45) is 0 Å². The van der Waals surface area contributed by atoms with Crippen LogP contribution >= 0.6 is 0 Å². The average Bonchev–Trinajstić information content (AvgIpc) is 2.54. The van der Waals surface area contributed by atoms with Gasteiger partial charge in [-0.3, -0.25) is 0 Å². The van der Waals surface area contributed by atoms with Gasteiger partial charge in [-0.1, -0.05) is 42.5 Å². The van der Waals surface area contributed by atoms with E-state index in [2.05, 4.69) is 29.3 Å². The van der Waals surface area contributed by atoms with Gasteiger partial charge in [0.25, 0.3) is 0 Å². The fraction of sp³-hybridized carbons (Fsp3) is 0.111. The van der Waals surface area contributed by atoms with E-state index in [1.807, 2.05) is 49.4 Å². The second-order valence-corrected chi connectivity index (χ2v) is 4.87. The Hall–Kier alpha value is -2.66. The minimum absolute atomic E-state index is 0.0896. The van der Waals surface area contributed by atoms with Crippen molar-refractivity contribution in [1.82, 2.24) is 4.98 Å². The van der Waals surface area contributed by atoms with Crippen molar-refractivity contribution in [3.63, 3.8) is 0 Å². The smallest absolute Gasteiger partial charge is 0.0709 e. The lowest BCUT2D eigenvalue weighted by Gasteiger charge is -2.06. The molecule has 0 saturated carbocycles. The Bertz CT molecular complexity index is 785. The Morgan fingerprint density at radius 2 is 1.80 bits per heavy atom. The van der Waals surface area contributed by atoms with E-state index in [-0.39, 0.29) is 5.92 Å². The Labute approximate surface area is 118 Å². The largest absolute Gasteiger partial charge is 0.248 e. The molecule has 3 aromatic rings. The average molecular weight is 258 g/mol. The van der Waals surface area contributed by atoms with Crippen molar-refractivity contribution < 1.29 is 0 Å². The van der Waals surface area contributed by atoms with E-state index in [0.29, 0.717) is 0 Å². The fourth-order valence-electron chi connectivity index (χ4n) is 2.26. The van der Waals surface area contributed by atoms with Crippen LogP contribution in [0.5, 0.6) is 0 Å². The second-order valence-electron chi connectivity index (χ2n) is 4.87. The van der Waals surface area contributed by atoms with Gasteiger partial charge in [0.2, 0.25) is 0 Å². The van der Waals surface area contributed by atoms with E-state index < -0.39 is 0 Å². The predicted molar refractivity (Wildman–Crippen MR) is 81.2 cm³/mol. The van der Waals surface area contributed by atoms with Crippen molar-refractivity contribution in [1.29, 1.82) is 5.26 Å². The number of fused-ring (bicyclic) bond motifs is 1. The van der Waals surface area contributed by atoms with Gasteiger partial charge in [0.05, 0.1) is 23.2 Å². The van der Waals surface area contributed by atoms with Gasteiger partial charge in [0, 0.05) is 10.9 Å². The normalized spacial score (nSPS) is 12.0. The molecular formula is C18H14N2. The van der Waals surface area contributed by atoms with Gasteiger partial charge in [-0.15, -0.1) is 0 Å². The number of pyridine rings is 1. The maximum atomic E-state index is 8.99. The van der Waals surface area contributed by atoms with Crippen molar-refractivity contribution in [2.45, 2.75) is 12.8 Å². The molecule has 0 aliphatic heterocycles. The molecule has 2 nitrogen and oxygen atoms in total. The van der Waals surface area contributed by atoms with Crippen LogP contribution in [0.4, 0.5) is 0 Å². The summed E-state index contributed by atoms with van der Waals surface area (Å²) in [7, 11) is 0. The monoisotopic (exact) mass is 258 g/mol. The summed E-state index contributed by atoms with van der Waals surface area (Å²) in [5.74, 6) is -0.0896. The van der Waals surface area contributed by atoms with Crippen LogP contribution in [-0.2, 0) is 0 Å². The highest BCUT2D eigenvalue weighted by Crippen LogP contribution is 2.24. The number of nitriles is 1. The van der Waals surface area contributed by atoms with Crippen LogP contribution in [0, 0.1) is 11.3 Å². The molecule has 1 atom stereocenters. The van der Waals surface area contributed by atoms with Gasteiger partial charge < -0.3 is 0 Å². The molecule has 0 bridgehead atoms. The first kappa shape index (κ1) is 12.4. The van der Waals surface area contributed by atoms with Crippen LogP contribution < -0.4 is 0 Å². The summed E-state index contributed by atoms with van der Waals surface area (Å²) in [5, 5.41) is 10.1. The highest BCUT2D eigenvalue weighted by molar-refractivity contribution is 5.82. The third-order valence-corrected chi connectivity index (χ3v) is 3.48. The highest BCUT2D eigenvalue weighted by atomic mass is 14.7. The molecule has 0 radical (unpaired) electrons. The van der Waals surface area contributed by atoms with Gasteiger partial charge in [-0.05, 0) is 30.7 Å². The van der Waals surface area contributed by atoms with Crippen molar-refractivity contribution in [2.75, 3.05) is 0 Å². The molecule has 1 aromatic heterocycles. The molecule has 0 aliphatic carbocycles. The van der Waals surface area contributed by atoms with Gasteiger partial charge in [0.15, 0.2) is 0 Å². The minimum atomic E-state index is -0.0896. The number of aromatic nitrogens is 1. The van der Waals surface area contributed by atoms with Crippen LogP contribution in [0.25, 0.3) is 22.2 Å². The first-order valence-electron chi connectivity index (χ1n) is 6.63. The zero-order valence-corrected chi connectivity index (χ0v) is 11.2. The van der Waals surface area contributed by atoms with E-state index in [9.17, 15) is 0 Å². The molecule has 0 spiro atoms. The van der Waals surface area contributed by atoms with Crippen LogP contribution in [0.3, 0.4) is 0 Å². The van der Waals surface area contributed by atoms with Crippen molar-refractivity contribution in [3.05, 3.63) is 66.2 Å². The summed E-state index contributed by atoms with van der Waals surface area (Å²) in [4.78, 5) is 4.69. The molecular weight excluding hydrogens is 244 g/mol. The zero-order chi connectivity index (χ0) is 13.9. The molecule has 96 valence electrons. The van der Waals surface area contributed by atoms with Gasteiger partial charge in [0.1, 0.15) is 0 Å². The standard InChI is InChI=1S/C18H14N2/c1-13(12-19)15-7-9-18-16(11-15)8-10-17(20-18)14-5-3-2-4-6-14/h2-11,13H,1H3. The molecule has 3 rings (SSSR count). The first-order chi connectivity index (χ1) is 9.78. The van der Waals surface area contributed by atoms with E-state index in [1.54, 1.807) is 0 Å². The van der Waals surface area contributed by atoms with Crippen LogP contribution in [0.15, 0.2) is 60.7 Å². The third-order valence-electron chi connectivity index (χ3n) is 3.48. The number of nitrogens with zero attached hydrogens (tertiary/aromatic N) is 2. The topological polar surface area (TPSA) is 36.7 Å². The minimum Gasteiger partial charge on any atom is -0.248 e. The second kappa shape index (κ2) is 5.14. The Morgan fingerprint density at radius 1 is 1.00 bits per heavy atom. The highest BCUT2D eigenvalue weighted by Gasteiger charge is 2.06. The molecule has 1 unspecified atom stereocenters. The molecule has 0 aliphatic rings. The van der Waals surface area contributed by atoms with Crippen LogP contribution in [0.2, 0.25) is 0 Å². The Morgan fingerprint density at radius 3 is 2.55 bits per heavy atom. The lowest BCUT2D eigenvalue weighted by Crippen LogP contribution is -1.91. The van der Waals surface area contributed by atoms with Crippen molar-refractivity contribution >= 4 is 10.9 Å². The summed E-state index contributed by atoms with van der Waals surface area (Å²) in [6.07, 6.45) is 0. The maximum Gasteiger partial charge on any atom is 0.0709 e. The van der Waals surface area contributed by atoms with E-state index in [1.165, 1.54) is 0 Å². The lowest BCUT2D eigenvalue weighted by atomic mass is 10.0. The SMILES string of the molecule is CC(C#N)c1ccc2nc(-c3ccccc3)ccc2c1. The number of hydrogen-bond acceptors (Lipinski definition) is 2. The quantitative estimate of drug-likeness (QED) is 0.677. The predicted octanol–water partition coefficient (Wildman–Crippen LogP) is 4.53. The van der Waals surface area contributed by atoms with Crippen LogP contribution in [-0.4, -0.2) is 4.98 Å². The molecule has 0 saturated heterocycles. The maximum absolute atomic E-state index is 8.99. The summed E-state index contributed by atoms with van der Waals surface area (Å²) in [6.45, 7) is 1.91. The third kappa shape index (κ3) is 2.26. The summed E-state index contributed by atoms with van der Waals surface area (Å²) >= 11 is 0. The number of hydrogen-bond donors (Lipinski definition) is 0. The van der Waals surface area contributed by atoms with Gasteiger partial charge in [-0.25, -0.2) is 4.98 Å². The van der Waals surface area contributed by atoms with E-state index >= 15 is 0 Å². The summed E-state index contributed by atoms with van der Waals surface area (Å²) < 4.78 is 0. The molecule has 0 fully saturated rings. The molecule has 20 heavy (non-hydrogen) atoms. The molecule has 2 aromatic carbocycles. The lowest BCUT2D eigenvalue weighted by molar-refractivity contribution is 0.984. The number of benzene rings is 2. The first-order valence-corrected chi connectivity index (χ1v) is 6.63. The van der Waals surface area contributed by atoms with E-state index in [4.69, 9.17) is 5.26 Å². The van der Waals surface area contributed by atoms with E-state index in [0.717, 1.165) is 27.7 Å². The Balaban J connectivity index is 2.08. The van der Waals surface area contributed by atoms with Gasteiger partial charge >= 0.3 is 0 Å². The zero-order valence-electron chi connectivity index (χ0n) is 11.2. The Kier molecular flexibility index (Phi) is 3.18. The fourth-order valence-corrected chi connectivity index (χ4v) is 2.26. The van der Waals surface area contributed by atoms with Crippen molar-refractivity contribution in [3.8, 4) is 17.3 Å². The molecule has 1 heterocycles. The van der Waals surface area contributed by atoms with Crippen LogP contribution in [0.1, 0.15) is 18.4 Å². The van der Waals surface area contributed by atoms with Gasteiger partial charge in [-0.2, -0.15) is 5.26 Å².